The summed E-state index contributed by atoms with van der Waals surface area (Å²) in [6.45, 7) is 4.95. The number of phenolic OH excluding ortho intramolecular Hbond substituents is 1. The summed E-state index contributed by atoms with van der Waals surface area (Å²) in [6.07, 6.45) is 0.203. The second-order valence-corrected chi connectivity index (χ2v) is 5.26. The lowest BCUT2D eigenvalue weighted by Gasteiger charge is -2.23. The zero-order valence-electron chi connectivity index (χ0n) is 11.6. The number of rotatable bonds is 3. The first-order valence-corrected chi connectivity index (χ1v) is 6.47. The molecule has 0 bridgehead atoms. The lowest BCUT2D eigenvalue weighted by molar-refractivity contribution is -0.117. The maximum absolute atomic E-state index is 12.0. The Labute approximate surface area is 116 Å². The van der Waals surface area contributed by atoms with Gasteiger partial charge in [-0.25, -0.2) is 4.79 Å². The highest BCUT2D eigenvalue weighted by atomic mass is 16.5. The van der Waals surface area contributed by atoms with Gasteiger partial charge in [0.25, 0.3) is 0 Å². The Hall–Kier alpha value is -2.17. The molecule has 0 aliphatic carbocycles. The van der Waals surface area contributed by atoms with Crippen molar-refractivity contribution in [3.63, 3.8) is 0 Å². The summed E-state index contributed by atoms with van der Waals surface area (Å²) in [7, 11) is 0. The van der Waals surface area contributed by atoms with E-state index in [0.717, 1.165) is 0 Å². The van der Waals surface area contributed by atoms with Crippen LogP contribution in [0, 0.1) is 5.92 Å². The van der Waals surface area contributed by atoms with Crippen LogP contribution in [-0.4, -0.2) is 28.7 Å². The van der Waals surface area contributed by atoms with E-state index in [-0.39, 0.29) is 17.2 Å². The molecule has 0 saturated carbocycles. The van der Waals surface area contributed by atoms with Crippen molar-refractivity contribution >= 4 is 17.5 Å². The van der Waals surface area contributed by atoms with Gasteiger partial charge in [-0.1, -0.05) is 19.9 Å². The second-order valence-electron chi connectivity index (χ2n) is 5.26. The van der Waals surface area contributed by atoms with Crippen LogP contribution >= 0.6 is 0 Å². The minimum Gasteiger partial charge on any atom is -0.506 e. The molecule has 1 aromatic rings. The highest BCUT2D eigenvalue weighted by Gasteiger charge is 2.31. The summed E-state index contributed by atoms with van der Waals surface area (Å²) in [4.78, 5) is 35.5. The van der Waals surface area contributed by atoms with Crippen LogP contribution in [0.4, 0.5) is 0 Å². The van der Waals surface area contributed by atoms with Crippen LogP contribution in [0.25, 0.3) is 0 Å². The molecule has 5 heteroatoms. The first-order valence-electron chi connectivity index (χ1n) is 6.47. The molecule has 1 aliphatic heterocycles. The molecule has 0 fully saturated rings. The Morgan fingerprint density at radius 2 is 2.00 bits per heavy atom. The number of ether oxygens (including phenoxy) is 1. The van der Waals surface area contributed by atoms with E-state index in [0.29, 0.717) is 12.0 Å². The van der Waals surface area contributed by atoms with Crippen molar-refractivity contribution in [3.8, 4) is 5.75 Å². The van der Waals surface area contributed by atoms with Crippen molar-refractivity contribution in [3.05, 3.63) is 28.8 Å². The summed E-state index contributed by atoms with van der Waals surface area (Å²) >= 11 is 0. The van der Waals surface area contributed by atoms with Crippen molar-refractivity contribution in [2.75, 3.05) is 0 Å². The van der Waals surface area contributed by atoms with Gasteiger partial charge in [0, 0.05) is 12.3 Å². The normalized spacial score (nSPS) is 17.6. The van der Waals surface area contributed by atoms with E-state index in [1.54, 1.807) is 26.8 Å². The molecule has 2 rings (SSSR count). The number of esters is 1. The third kappa shape index (κ3) is 2.31. The average Bonchev–Trinajstić information content (AvgIpc) is 2.36. The van der Waals surface area contributed by atoms with Gasteiger partial charge in [0.1, 0.15) is 17.4 Å². The van der Waals surface area contributed by atoms with Crippen molar-refractivity contribution in [2.24, 2.45) is 5.92 Å². The van der Waals surface area contributed by atoms with Gasteiger partial charge < -0.3 is 9.84 Å². The van der Waals surface area contributed by atoms with Gasteiger partial charge in [0.15, 0.2) is 0 Å². The molecule has 0 radical (unpaired) electrons. The van der Waals surface area contributed by atoms with E-state index >= 15 is 0 Å². The van der Waals surface area contributed by atoms with Gasteiger partial charge in [-0.05, 0) is 18.6 Å². The van der Waals surface area contributed by atoms with E-state index in [1.165, 1.54) is 6.07 Å². The molecule has 1 atom stereocenters. The molecule has 0 aromatic heterocycles. The molecule has 0 spiro atoms. The topological polar surface area (TPSA) is 80.7 Å². The Bertz CT molecular complexity index is 601. The molecule has 106 valence electrons. The minimum atomic E-state index is -0.785. The first-order chi connectivity index (χ1) is 9.32. The molecule has 20 heavy (non-hydrogen) atoms. The molecule has 1 aliphatic rings. The van der Waals surface area contributed by atoms with E-state index < -0.39 is 29.2 Å². The SMILES string of the molecule is CC(C)C(=O)C(=O)c1ccc2c(c1O)C(=O)O[C@H](C)C2. The fourth-order valence-corrected chi connectivity index (χ4v) is 2.20. The largest absolute Gasteiger partial charge is 0.506 e. The van der Waals surface area contributed by atoms with E-state index in [1.807, 2.05) is 0 Å². The van der Waals surface area contributed by atoms with Crippen LogP contribution in [0.15, 0.2) is 12.1 Å². The standard InChI is InChI=1S/C15H16O5/c1-7(2)12(16)14(18)10-5-4-9-6-8(3)20-15(19)11(9)13(10)17/h4-5,7-8,17H,6H2,1-3H3/t8-/m1/s1. The van der Waals surface area contributed by atoms with Crippen LogP contribution in [0.5, 0.6) is 5.75 Å². The Balaban J connectivity index is 2.49. The molecule has 1 heterocycles. The summed E-state index contributed by atoms with van der Waals surface area (Å²) in [5.74, 6) is -2.98. The number of aromatic hydroxyl groups is 1. The molecule has 1 N–H and O–H groups in total. The Morgan fingerprint density at radius 1 is 1.35 bits per heavy atom. The number of benzene rings is 1. The molecule has 0 saturated heterocycles. The van der Waals surface area contributed by atoms with Crippen molar-refractivity contribution < 1.29 is 24.2 Å². The molecular formula is C15H16O5. The molecule has 0 amide bonds. The quantitative estimate of drug-likeness (QED) is 0.518. The fourth-order valence-electron chi connectivity index (χ4n) is 2.20. The molecular weight excluding hydrogens is 260 g/mol. The number of carbonyl (C=O) groups excluding carboxylic acids is 3. The number of Topliss-reactive ketones (excluding diaryl/α,β-unsaturated/α-hetero) is 2. The van der Waals surface area contributed by atoms with Gasteiger partial charge in [-0.3, -0.25) is 9.59 Å². The number of cyclic esters (lactones) is 1. The van der Waals surface area contributed by atoms with Crippen LogP contribution in [-0.2, 0) is 16.0 Å². The van der Waals surface area contributed by atoms with Gasteiger partial charge in [0.05, 0.1) is 5.56 Å². The van der Waals surface area contributed by atoms with Crippen molar-refractivity contribution in [1.82, 2.24) is 0 Å². The summed E-state index contributed by atoms with van der Waals surface area (Å²) < 4.78 is 5.04. The first kappa shape index (κ1) is 14.2. The predicted octanol–water partition coefficient (Wildman–Crippen LogP) is 1.90. The number of ketones is 2. The van der Waals surface area contributed by atoms with Crippen molar-refractivity contribution in [2.45, 2.75) is 33.3 Å². The van der Waals surface area contributed by atoms with Gasteiger partial charge >= 0.3 is 5.97 Å². The van der Waals surface area contributed by atoms with E-state index in [2.05, 4.69) is 0 Å². The third-order valence-electron chi connectivity index (χ3n) is 3.28. The highest BCUT2D eigenvalue weighted by molar-refractivity contribution is 6.45. The molecule has 0 unspecified atom stereocenters. The Kier molecular flexibility index (Phi) is 3.61. The van der Waals surface area contributed by atoms with Crippen LogP contribution in [0.3, 0.4) is 0 Å². The number of hydrogen-bond acceptors (Lipinski definition) is 5. The summed E-state index contributed by atoms with van der Waals surface area (Å²) in [5, 5.41) is 10.1. The zero-order chi connectivity index (χ0) is 15.0. The third-order valence-corrected chi connectivity index (χ3v) is 3.28. The second kappa shape index (κ2) is 5.07. The van der Waals surface area contributed by atoms with Crippen LogP contribution < -0.4 is 0 Å². The maximum atomic E-state index is 12.0. The van der Waals surface area contributed by atoms with Gasteiger partial charge in [-0.2, -0.15) is 0 Å². The van der Waals surface area contributed by atoms with Crippen LogP contribution in [0.2, 0.25) is 0 Å². The number of fused-ring (bicyclic) bond motifs is 1. The number of carbonyl (C=O) groups is 3. The molecule has 5 nitrogen and oxygen atoms in total. The predicted molar refractivity (Wildman–Crippen MR) is 70.9 cm³/mol. The van der Waals surface area contributed by atoms with E-state index in [9.17, 15) is 19.5 Å². The van der Waals surface area contributed by atoms with Gasteiger partial charge in [0.2, 0.25) is 11.6 Å². The van der Waals surface area contributed by atoms with E-state index in [4.69, 9.17) is 4.74 Å². The summed E-state index contributed by atoms with van der Waals surface area (Å²) in [5.41, 5.74) is 0.472. The smallest absolute Gasteiger partial charge is 0.342 e. The van der Waals surface area contributed by atoms with Crippen LogP contribution in [0.1, 0.15) is 47.1 Å². The summed E-state index contributed by atoms with van der Waals surface area (Å²) in [6, 6.07) is 2.98. The highest BCUT2D eigenvalue weighted by Crippen LogP contribution is 2.32. The lowest BCUT2D eigenvalue weighted by atomic mass is 9.92. The van der Waals surface area contributed by atoms with Crippen molar-refractivity contribution in [1.29, 1.82) is 0 Å². The zero-order valence-corrected chi connectivity index (χ0v) is 11.6. The molecule has 1 aromatic carbocycles. The van der Waals surface area contributed by atoms with Gasteiger partial charge in [-0.15, -0.1) is 0 Å². The maximum Gasteiger partial charge on any atom is 0.342 e. The average molecular weight is 276 g/mol. The fraction of sp³-hybridized carbons (Fsp3) is 0.400. The lowest BCUT2D eigenvalue weighted by Crippen LogP contribution is -2.26. The number of phenols is 1. The number of hydrogen-bond donors (Lipinski definition) is 1. The monoisotopic (exact) mass is 276 g/mol. The minimum absolute atomic E-state index is 0.00879. The Morgan fingerprint density at radius 3 is 2.60 bits per heavy atom.